The van der Waals surface area contributed by atoms with E-state index in [1.54, 1.807) is 24.3 Å². The van der Waals surface area contributed by atoms with Crippen LogP contribution in [0.4, 0.5) is 0 Å². The molecule has 0 saturated carbocycles. The number of amides is 1. The van der Waals surface area contributed by atoms with Crippen molar-refractivity contribution in [2.24, 2.45) is 5.10 Å². The first kappa shape index (κ1) is 17.8. The summed E-state index contributed by atoms with van der Waals surface area (Å²) < 4.78 is 10.8. The number of benzene rings is 2. The molecule has 0 fully saturated rings. The van der Waals surface area contributed by atoms with Gasteiger partial charge in [0.25, 0.3) is 5.91 Å². The van der Waals surface area contributed by atoms with Crippen molar-refractivity contribution in [1.29, 1.82) is 0 Å². The molecular weight excluding hydrogens is 352 g/mol. The monoisotopic (exact) mass is 368 g/mol. The lowest BCUT2D eigenvalue weighted by molar-refractivity contribution is 0.0955. The number of ether oxygens (including phenoxy) is 1. The van der Waals surface area contributed by atoms with Crippen LogP contribution in [0.25, 0.3) is 0 Å². The Morgan fingerprint density at radius 2 is 2.04 bits per heavy atom. The first-order chi connectivity index (χ1) is 12.6. The van der Waals surface area contributed by atoms with Crippen LogP contribution < -0.4 is 10.2 Å². The zero-order valence-electron chi connectivity index (χ0n) is 14.1. The minimum absolute atomic E-state index is 0.298. The number of hydrogen-bond acceptors (Lipinski definition) is 4. The van der Waals surface area contributed by atoms with Gasteiger partial charge >= 0.3 is 0 Å². The Morgan fingerprint density at radius 1 is 1.23 bits per heavy atom. The minimum Gasteiger partial charge on any atom is -0.489 e. The summed E-state index contributed by atoms with van der Waals surface area (Å²) in [5.41, 5.74) is 4.88. The lowest BCUT2D eigenvalue weighted by Crippen LogP contribution is -2.17. The number of furan rings is 1. The van der Waals surface area contributed by atoms with Gasteiger partial charge in [0.15, 0.2) is 0 Å². The summed E-state index contributed by atoms with van der Waals surface area (Å²) in [6, 6.07) is 16.1. The van der Waals surface area contributed by atoms with E-state index in [1.807, 2.05) is 37.3 Å². The molecule has 1 heterocycles. The fourth-order valence-corrected chi connectivity index (χ4v) is 2.33. The van der Waals surface area contributed by atoms with Crippen molar-refractivity contribution in [2.75, 3.05) is 0 Å². The van der Waals surface area contributed by atoms with Crippen LogP contribution in [-0.4, -0.2) is 12.1 Å². The van der Waals surface area contributed by atoms with E-state index >= 15 is 0 Å². The van der Waals surface area contributed by atoms with Gasteiger partial charge in [-0.1, -0.05) is 23.7 Å². The van der Waals surface area contributed by atoms with Crippen LogP contribution >= 0.6 is 11.6 Å². The maximum Gasteiger partial charge on any atom is 0.271 e. The Kier molecular flexibility index (Phi) is 5.71. The van der Waals surface area contributed by atoms with Gasteiger partial charge in [-0.25, -0.2) is 5.43 Å². The van der Waals surface area contributed by atoms with Gasteiger partial charge in [-0.2, -0.15) is 5.10 Å². The molecule has 132 valence electrons. The Balaban J connectivity index is 1.54. The number of hydrazone groups is 1. The zero-order chi connectivity index (χ0) is 18.4. The number of nitrogens with zero attached hydrogens (tertiary/aromatic N) is 1. The molecule has 0 aliphatic carbocycles. The maximum absolute atomic E-state index is 12.0. The number of hydrogen-bond donors (Lipinski definition) is 1. The van der Waals surface area contributed by atoms with E-state index in [0.29, 0.717) is 23.0 Å². The second-order valence-corrected chi connectivity index (χ2v) is 6.02. The highest BCUT2D eigenvalue weighted by atomic mass is 35.5. The van der Waals surface area contributed by atoms with E-state index in [9.17, 15) is 4.79 Å². The zero-order valence-corrected chi connectivity index (χ0v) is 14.9. The van der Waals surface area contributed by atoms with Crippen molar-refractivity contribution < 1.29 is 13.9 Å². The molecule has 1 N–H and O–H groups in total. The second kappa shape index (κ2) is 8.36. The molecule has 0 radical (unpaired) electrons. The molecule has 0 unspecified atom stereocenters. The van der Waals surface area contributed by atoms with Gasteiger partial charge in [-0.3, -0.25) is 4.79 Å². The molecule has 26 heavy (non-hydrogen) atoms. The molecule has 0 atom stereocenters. The van der Waals surface area contributed by atoms with Crippen LogP contribution in [0.1, 0.15) is 27.2 Å². The number of rotatable bonds is 6. The van der Waals surface area contributed by atoms with Gasteiger partial charge < -0.3 is 9.15 Å². The van der Waals surface area contributed by atoms with Crippen LogP contribution in [0.15, 0.2) is 70.4 Å². The van der Waals surface area contributed by atoms with Crippen LogP contribution in [0.2, 0.25) is 5.02 Å². The third kappa shape index (κ3) is 4.74. The molecular formula is C20H17ClN2O3. The third-order valence-corrected chi connectivity index (χ3v) is 4.08. The predicted molar refractivity (Wildman–Crippen MR) is 101 cm³/mol. The lowest BCUT2D eigenvalue weighted by Gasteiger charge is -2.08. The molecule has 0 spiro atoms. The topological polar surface area (TPSA) is 63.8 Å². The number of carbonyl (C=O) groups excluding carboxylic acids is 1. The molecule has 0 bridgehead atoms. The van der Waals surface area contributed by atoms with Gasteiger partial charge in [0, 0.05) is 10.6 Å². The largest absolute Gasteiger partial charge is 0.489 e. The second-order valence-electron chi connectivity index (χ2n) is 5.61. The number of aryl methyl sites for hydroxylation is 1. The molecule has 1 amide bonds. The molecule has 2 aromatic carbocycles. The lowest BCUT2D eigenvalue weighted by atomic mass is 10.1. The van der Waals surface area contributed by atoms with Crippen molar-refractivity contribution >= 4 is 23.7 Å². The van der Waals surface area contributed by atoms with Crippen LogP contribution in [-0.2, 0) is 6.61 Å². The van der Waals surface area contributed by atoms with Crippen LogP contribution in [0, 0.1) is 6.92 Å². The summed E-state index contributed by atoms with van der Waals surface area (Å²) >= 11 is 6.00. The Hall–Kier alpha value is -3.05. The van der Waals surface area contributed by atoms with Crippen molar-refractivity contribution in [1.82, 2.24) is 5.43 Å². The Bertz CT molecular complexity index is 903. The first-order valence-electron chi connectivity index (χ1n) is 7.96. The third-order valence-electron chi connectivity index (χ3n) is 3.65. The van der Waals surface area contributed by atoms with Gasteiger partial charge in [-0.15, -0.1) is 0 Å². The van der Waals surface area contributed by atoms with E-state index < -0.39 is 0 Å². The average Bonchev–Trinajstić information content (AvgIpc) is 3.16. The summed E-state index contributed by atoms with van der Waals surface area (Å²) in [6.45, 7) is 2.33. The molecule has 5 nitrogen and oxygen atoms in total. The first-order valence-corrected chi connectivity index (χ1v) is 8.34. The maximum atomic E-state index is 12.0. The van der Waals surface area contributed by atoms with Crippen molar-refractivity contribution in [3.05, 3.63) is 88.3 Å². The molecule has 3 aromatic rings. The summed E-state index contributed by atoms with van der Waals surface area (Å²) in [4.78, 5) is 12.0. The Labute approximate surface area is 156 Å². The number of nitrogens with one attached hydrogen (secondary N) is 1. The SMILES string of the molecule is Cc1cc(OCc2ccc(C(=O)N/N=C\c3ccco3)cc2)ccc1Cl. The smallest absolute Gasteiger partial charge is 0.271 e. The average molecular weight is 369 g/mol. The van der Waals surface area contributed by atoms with E-state index in [-0.39, 0.29) is 5.91 Å². The quantitative estimate of drug-likeness (QED) is 0.511. The fraction of sp³-hybridized carbons (Fsp3) is 0.100. The van der Waals surface area contributed by atoms with Crippen molar-refractivity contribution in [3.63, 3.8) is 0 Å². The van der Waals surface area contributed by atoms with E-state index in [2.05, 4.69) is 10.5 Å². The number of carbonyl (C=O) groups is 1. The van der Waals surface area contributed by atoms with E-state index in [4.69, 9.17) is 20.8 Å². The van der Waals surface area contributed by atoms with Crippen LogP contribution in [0.3, 0.4) is 0 Å². The van der Waals surface area contributed by atoms with Gasteiger partial charge in [-0.05, 0) is 60.5 Å². The normalized spacial score (nSPS) is 10.8. The highest BCUT2D eigenvalue weighted by Crippen LogP contribution is 2.21. The summed E-state index contributed by atoms with van der Waals surface area (Å²) in [5, 5.41) is 4.56. The molecule has 0 aliphatic rings. The van der Waals surface area contributed by atoms with Gasteiger partial charge in [0.05, 0.1) is 12.5 Å². The summed E-state index contributed by atoms with van der Waals surface area (Å²) in [5.74, 6) is 1.02. The summed E-state index contributed by atoms with van der Waals surface area (Å²) in [7, 11) is 0. The number of halogens is 1. The highest BCUT2D eigenvalue weighted by Gasteiger charge is 2.05. The standard InChI is InChI=1S/C20H17ClN2O3/c1-14-11-17(8-9-19(14)21)26-13-15-4-6-16(7-5-15)20(24)23-22-12-18-3-2-10-25-18/h2-12H,13H2,1H3,(H,23,24)/b22-12-. The van der Waals surface area contributed by atoms with Crippen molar-refractivity contribution in [2.45, 2.75) is 13.5 Å². The molecule has 6 heteroatoms. The molecule has 0 saturated heterocycles. The molecule has 3 rings (SSSR count). The summed E-state index contributed by atoms with van der Waals surface area (Å²) in [6.07, 6.45) is 2.98. The highest BCUT2D eigenvalue weighted by molar-refractivity contribution is 6.31. The van der Waals surface area contributed by atoms with Crippen LogP contribution in [0.5, 0.6) is 5.75 Å². The Morgan fingerprint density at radius 3 is 2.73 bits per heavy atom. The van der Waals surface area contributed by atoms with E-state index in [1.165, 1.54) is 12.5 Å². The van der Waals surface area contributed by atoms with E-state index in [0.717, 1.165) is 16.9 Å². The fourth-order valence-electron chi connectivity index (χ4n) is 2.21. The minimum atomic E-state index is -0.298. The van der Waals surface area contributed by atoms with Gasteiger partial charge in [0.1, 0.15) is 18.1 Å². The molecule has 0 aliphatic heterocycles. The van der Waals surface area contributed by atoms with Crippen molar-refractivity contribution in [3.8, 4) is 5.75 Å². The molecule has 1 aromatic heterocycles. The van der Waals surface area contributed by atoms with Gasteiger partial charge in [0.2, 0.25) is 0 Å². The predicted octanol–water partition coefficient (Wildman–Crippen LogP) is 4.58.